The molecular weight excluding hydrogens is 815 g/mol. The number of rotatable bonds is 11. The van der Waals surface area contributed by atoms with Crippen LogP contribution in [0.2, 0.25) is 0 Å². The second kappa shape index (κ2) is 18.7. The van der Waals surface area contributed by atoms with Gasteiger partial charge < -0.3 is 44.6 Å². The fraction of sp³-hybridized carbons (Fsp3) is 0.354. The van der Waals surface area contributed by atoms with Crippen molar-refractivity contribution < 1.29 is 33.4 Å². The molecule has 0 saturated carbocycles. The molecule has 16 nitrogen and oxygen atoms in total. The molecule has 0 radical (unpaired) electrons. The number of amides is 4. The number of aromatic amines is 2. The zero-order valence-corrected chi connectivity index (χ0v) is 35.8. The van der Waals surface area contributed by atoms with E-state index in [0.717, 1.165) is 75.9 Å². The highest BCUT2D eigenvalue weighted by molar-refractivity contribution is 5.91. The molecule has 9 rings (SSSR count). The third-order valence-electron chi connectivity index (χ3n) is 12.7. The van der Waals surface area contributed by atoms with Crippen LogP contribution in [0.1, 0.15) is 73.9 Å². The van der Waals surface area contributed by atoms with Crippen LogP contribution in [0.25, 0.3) is 44.4 Å². The molecule has 16 heteroatoms. The zero-order chi connectivity index (χ0) is 44.2. The first kappa shape index (κ1) is 42.2. The number of likely N-dealkylation sites (tertiary alicyclic amines) is 2. The lowest BCUT2D eigenvalue weighted by atomic mass is 9.90. The molecule has 0 spiro atoms. The van der Waals surface area contributed by atoms with Crippen LogP contribution in [0.5, 0.6) is 0 Å². The maximum absolute atomic E-state index is 14.0. The van der Waals surface area contributed by atoms with Crippen LogP contribution < -0.4 is 10.6 Å². The Labute approximate surface area is 370 Å². The number of aromatic nitrogens is 5. The number of hydrogen-bond acceptors (Lipinski definition) is 10. The van der Waals surface area contributed by atoms with Crippen LogP contribution in [0, 0.1) is 5.92 Å². The Kier molecular flexibility index (Phi) is 12.4. The van der Waals surface area contributed by atoms with Gasteiger partial charge in [0.15, 0.2) is 0 Å². The number of methoxy groups -OCH3 is 2. The van der Waals surface area contributed by atoms with Crippen LogP contribution in [-0.4, -0.2) is 105 Å². The van der Waals surface area contributed by atoms with Crippen LogP contribution in [0.3, 0.4) is 0 Å². The minimum Gasteiger partial charge on any atom is -0.453 e. The van der Waals surface area contributed by atoms with Gasteiger partial charge in [0, 0.05) is 49.8 Å². The van der Waals surface area contributed by atoms with Gasteiger partial charge in [-0.2, -0.15) is 0 Å². The van der Waals surface area contributed by atoms with Crippen LogP contribution in [0.15, 0.2) is 97.6 Å². The zero-order valence-electron chi connectivity index (χ0n) is 35.8. The molecule has 3 aromatic heterocycles. The summed E-state index contributed by atoms with van der Waals surface area (Å²) in [4.78, 5) is 76.6. The Hall–Kier alpha value is -7.07. The molecule has 0 bridgehead atoms. The number of alkyl carbamates (subject to hydrolysis) is 2. The predicted octanol–water partition coefficient (Wildman–Crippen LogP) is 7.26. The molecule has 0 aliphatic carbocycles. The van der Waals surface area contributed by atoms with Crippen molar-refractivity contribution in [2.24, 2.45) is 5.92 Å². The lowest BCUT2D eigenvalue weighted by Gasteiger charge is -2.34. The van der Waals surface area contributed by atoms with E-state index in [4.69, 9.17) is 24.2 Å². The Bertz CT molecular complexity index is 2620. The Morgan fingerprint density at radius 1 is 0.672 bits per heavy atom. The molecule has 64 heavy (non-hydrogen) atoms. The molecule has 4 N–H and O–H groups in total. The molecule has 6 aromatic rings. The van der Waals surface area contributed by atoms with E-state index >= 15 is 0 Å². The fourth-order valence-corrected chi connectivity index (χ4v) is 9.34. The van der Waals surface area contributed by atoms with Crippen LogP contribution in [0.4, 0.5) is 9.59 Å². The topological polar surface area (TPSA) is 197 Å². The monoisotopic (exact) mass is 865 g/mol. The Morgan fingerprint density at radius 3 is 1.86 bits per heavy atom. The van der Waals surface area contributed by atoms with Crippen LogP contribution >= 0.6 is 0 Å². The number of fused-ring (bicyclic) bond motifs is 1. The normalized spacial score (nSPS) is 18.7. The van der Waals surface area contributed by atoms with E-state index in [9.17, 15) is 19.2 Å². The highest BCUT2D eigenvalue weighted by Gasteiger charge is 2.40. The molecule has 330 valence electrons. The number of nitrogens with one attached hydrogen (secondary N) is 4. The molecule has 3 aliphatic rings. The summed E-state index contributed by atoms with van der Waals surface area (Å²) in [6.45, 7) is 2.23. The summed E-state index contributed by atoms with van der Waals surface area (Å²) in [5.74, 6) is 1.02. The van der Waals surface area contributed by atoms with Crippen molar-refractivity contribution in [2.45, 2.75) is 62.7 Å². The van der Waals surface area contributed by atoms with E-state index in [0.29, 0.717) is 50.5 Å². The summed E-state index contributed by atoms with van der Waals surface area (Å²) >= 11 is 0. The number of benzene rings is 3. The van der Waals surface area contributed by atoms with Gasteiger partial charge in [-0.3, -0.25) is 14.6 Å². The smallest absolute Gasteiger partial charge is 0.407 e. The van der Waals surface area contributed by atoms with Gasteiger partial charge in [-0.1, -0.05) is 54.6 Å². The van der Waals surface area contributed by atoms with E-state index in [1.165, 1.54) is 14.2 Å². The van der Waals surface area contributed by atoms with Gasteiger partial charge in [0.05, 0.1) is 50.1 Å². The fourth-order valence-electron chi connectivity index (χ4n) is 9.34. The minimum absolute atomic E-state index is 0.0318. The number of nitrogens with zero attached hydrogens (tertiary/aromatic N) is 5. The molecule has 3 aromatic carbocycles. The molecular formula is C48H51N9O7. The molecule has 3 saturated heterocycles. The summed E-state index contributed by atoms with van der Waals surface area (Å²) in [5, 5.41) is 7.67. The van der Waals surface area contributed by atoms with Gasteiger partial charge in [0.1, 0.15) is 23.7 Å². The quantitative estimate of drug-likeness (QED) is 0.103. The van der Waals surface area contributed by atoms with Gasteiger partial charge >= 0.3 is 12.2 Å². The van der Waals surface area contributed by atoms with E-state index in [2.05, 4.69) is 86.2 Å². The van der Waals surface area contributed by atoms with Gasteiger partial charge in [-0.25, -0.2) is 19.6 Å². The van der Waals surface area contributed by atoms with Crippen LogP contribution in [-0.2, 0) is 23.8 Å². The van der Waals surface area contributed by atoms with E-state index < -0.39 is 24.3 Å². The number of carbonyl (C=O) groups is 4. The standard InChI is InChI=1S/C48H51N9O7/c1-62-47(60)54-41(31-17-22-64-23-18-31)45(58)56-20-4-8-40(56)44-51-28-38(53-44)35-16-15-33-24-32(13-14-34(33)25-35)29-9-11-30(12-10-29)37-27-50-43(52-37)39-7-5-21-57(39)46(59)42(55-48(61)63-2)36-6-3-19-49-26-36/h3,6,9-16,19,24-28,31,39-42H,4-5,7-8,17-18,20-23H2,1-2H3,(H,50,52)(H,51,53)(H,54,60)(H,55,61). The summed E-state index contributed by atoms with van der Waals surface area (Å²) in [6.07, 6.45) is 10.0. The SMILES string of the molecule is COC(=O)NC(C(=O)N1CCCC1c1ncc(-c2ccc(-c3ccc4cc(-c5cnc(C6CCCN6C(=O)C(NC(=O)OC)C6CCOCC6)[nH]5)ccc4c3)cc2)[nH]1)c1cccnc1. The lowest BCUT2D eigenvalue weighted by Crippen LogP contribution is -2.53. The average Bonchev–Trinajstić information content (AvgIpc) is 4.20. The molecule has 6 heterocycles. The molecule has 4 unspecified atom stereocenters. The number of pyridine rings is 1. The highest BCUT2D eigenvalue weighted by atomic mass is 16.5. The average molecular weight is 866 g/mol. The second-order valence-electron chi connectivity index (χ2n) is 16.5. The number of imidazole rings is 2. The predicted molar refractivity (Wildman–Crippen MR) is 237 cm³/mol. The third-order valence-corrected chi connectivity index (χ3v) is 12.7. The minimum atomic E-state index is -0.944. The largest absolute Gasteiger partial charge is 0.453 e. The maximum atomic E-state index is 14.0. The van der Waals surface area contributed by atoms with E-state index in [1.807, 2.05) is 11.1 Å². The van der Waals surface area contributed by atoms with Crippen molar-refractivity contribution in [3.05, 3.63) is 115 Å². The molecule has 4 atom stereocenters. The lowest BCUT2D eigenvalue weighted by molar-refractivity contribution is -0.137. The van der Waals surface area contributed by atoms with Crippen molar-refractivity contribution in [1.29, 1.82) is 0 Å². The summed E-state index contributed by atoms with van der Waals surface area (Å²) < 4.78 is 15.2. The second-order valence-corrected chi connectivity index (χ2v) is 16.5. The van der Waals surface area contributed by atoms with Gasteiger partial charge in [0.25, 0.3) is 5.91 Å². The van der Waals surface area contributed by atoms with Crippen molar-refractivity contribution in [3.63, 3.8) is 0 Å². The molecule has 3 aliphatic heterocycles. The number of ether oxygens (including phenoxy) is 3. The van der Waals surface area contributed by atoms with Crippen molar-refractivity contribution in [3.8, 4) is 33.6 Å². The maximum Gasteiger partial charge on any atom is 0.407 e. The van der Waals surface area contributed by atoms with Gasteiger partial charge in [-0.15, -0.1) is 0 Å². The summed E-state index contributed by atoms with van der Waals surface area (Å²) in [5.41, 5.74) is 6.37. The Morgan fingerprint density at radius 2 is 1.23 bits per heavy atom. The number of H-pyrrole nitrogens is 2. The van der Waals surface area contributed by atoms with E-state index in [-0.39, 0.29) is 29.8 Å². The molecule has 4 amide bonds. The van der Waals surface area contributed by atoms with Crippen molar-refractivity contribution in [2.75, 3.05) is 40.5 Å². The number of carbonyl (C=O) groups excluding carboxylic acids is 4. The van der Waals surface area contributed by atoms with E-state index in [1.54, 1.807) is 35.6 Å². The van der Waals surface area contributed by atoms with Crippen molar-refractivity contribution >= 4 is 34.8 Å². The number of hydrogen-bond donors (Lipinski definition) is 4. The first-order chi connectivity index (χ1) is 31.3. The van der Waals surface area contributed by atoms with Gasteiger partial charge in [-0.05, 0) is 90.1 Å². The van der Waals surface area contributed by atoms with Crippen molar-refractivity contribution in [1.82, 2.24) is 45.4 Å². The first-order valence-electron chi connectivity index (χ1n) is 21.8. The summed E-state index contributed by atoms with van der Waals surface area (Å²) in [6, 6.07) is 22.4. The molecule has 3 fully saturated rings. The highest BCUT2D eigenvalue weighted by Crippen LogP contribution is 2.37. The van der Waals surface area contributed by atoms with Gasteiger partial charge in [0.2, 0.25) is 5.91 Å². The first-order valence-corrected chi connectivity index (χ1v) is 21.8. The third kappa shape index (κ3) is 8.78. The summed E-state index contributed by atoms with van der Waals surface area (Å²) in [7, 11) is 2.58. The Balaban J connectivity index is 0.868.